The Bertz CT molecular complexity index is 723. The van der Waals surface area contributed by atoms with Crippen molar-refractivity contribution >= 4 is 44.1 Å². The number of Topliss-reactive ketones (excluding diaryl/α,β-unsaturated/α-hetero) is 1. The fourth-order valence-electron chi connectivity index (χ4n) is 1.70. The molecule has 20 heavy (non-hydrogen) atoms. The Morgan fingerprint density at radius 2 is 2.15 bits per heavy atom. The summed E-state index contributed by atoms with van der Waals surface area (Å²) < 4.78 is 0.742. The summed E-state index contributed by atoms with van der Waals surface area (Å²) in [7, 11) is 0. The monoisotopic (exact) mass is 293 g/mol. The normalized spacial score (nSPS) is 10.5. The summed E-state index contributed by atoms with van der Waals surface area (Å²) in [6.45, 7) is 2.97. The van der Waals surface area contributed by atoms with Crippen LogP contribution in [-0.2, 0) is 9.59 Å². The predicted octanol–water partition coefficient (Wildman–Crippen LogP) is 2.43. The van der Waals surface area contributed by atoms with Gasteiger partial charge in [0.05, 0.1) is 21.6 Å². The summed E-state index contributed by atoms with van der Waals surface area (Å²) in [6, 6.07) is 3.04. The van der Waals surface area contributed by atoms with Crippen molar-refractivity contribution in [3.8, 4) is 0 Å². The minimum absolute atomic E-state index is 0.00980. The number of nitro groups is 1. The lowest BCUT2D eigenvalue weighted by atomic mass is 10.2. The molecule has 8 heteroatoms. The van der Waals surface area contributed by atoms with Crippen LogP contribution in [0.3, 0.4) is 0 Å². The van der Waals surface area contributed by atoms with Crippen molar-refractivity contribution in [1.82, 2.24) is 4.98 Å². The van der Waals surface area contributed by atoms with E-state index in [4.69, 9.17) is 0 Å². The number of aryl methyl sites for hydroxylation is 1. The highest BCUT2D eigenvalue weighted by atomic mass is 32.1. The van der Waals surface area contributed by atoms with Crippen LogP contribution < -0.4 is 5.32 Å². The second kappa shape index (κ2) is 5.33. The zero-order valence-corrected chi connectivity index (χ0v) is 11.6. The van der Waals surface area contributed by atoms with Gasteiger partial charge < -0.3 is 5.32 Å². The van der Waals surface area contributed by atoms with Crippen LogP contribution >= 0.6 is 11.3 Å². The van der Waals surface area contributed by atoms with E-state index in [0.29, 0.717) is 16.2 Å². The molecule has 0 atom stereocenters. The molecule has 104 valence electrons. The molecule has 0 saturated heterocycles. The fourth-order valence-corrected chi connectivity index (χ4v) is 2.67. The first-order valence-corrected chi connectivity index (χ1v) is 6.53. The summed E-state index contributed by atoms with van der Waals surface area (Å²) in [5, 5.41) is 13.7. The van der Waals surface area contributed by atoms with E-state index in [1.165, 1.54) is 24.3 Å². The summed E-state index contributed by atoms with van der Waals surface area (Å²) in [5.41, 5.74) is 0.975. The van der Waals surface area contributed by atoms with Crippen LogP contribution in [0.4, 0.5) is 10.8 Å². The van der Waals surface area contributed by atoms with Crippen LogP contribution in [0, 0.1) is 17.0 Å². The van der Waals surface area contributed by atoms with Crippen molar-refractivity contribution in [2.75, 3.05) is 5.32 Å². The van der Waals surface area contributed by atoms with Gasteiger partial charge in [0.2, 0.25) is 5.91 Å². The highest BCUT2D eigenvalue weighted by Crippen LogP contribution is 2.31. The average molecular weight is 293 g/mol. The third kappa shape index (κ3) is 2.97. The van der Waals surface area contributed by atoms with Gasteiger partial charge in [-0.05, 0) is 19.9 Å². The maximum Gasteiger partial charge on any atom is 0.274 e. The average Bonchev–Trinajstić information content (AvgIpc) is 2.67. The van der Waals surface area contributed by atoms with E-state index in [9.17, 15) is 19.7 Å². The molecule has 0 bridgehead atoms. The number of nitrogens with zero attached hydrogens (tertiary/aromatic N) is 2. The van der Waals surface area contributed by atoms with E-state index in [1.54, 1.807) is 13.0 Å². The standard InChI is InChI=1S/C12H11N3O4S/c1-6-3-10-8(5-9(6)15(18)19)13-12(20-10)14-11(17)4-7(2)16/h3,5H,4H2,1-2H3,(H,13,14,17). The molecular formula is C12H11N3O4S. The van der Waals surface area contributed by atoms with Crippen molar-refractivity contribution in [3.63, 3.8) is 0 Å². The molecule has 1 aromatic heterocycles. The van der Waals surface area contributed by atoms with Crippen LogP contribution in [-0.4, -0.2) is 21.6 Å². The van der Waals surface area contributed by atoms with E-state index in [1.807, 2.05) is 0 Å². The molecule has 0 spiro atoms. The molecule has 1 N–H and O–H groups in total. The molecule has 2 aromatic rings. The largest absolute Gasteiger partial charge is 0.302 e. The quantitative estimate of drug-likeness (QED) is 0.530. The van der Waals surface area contributed by atoms with Crippen molar-refractivity contribution in [2.45, 2.75) is 20.3 Å². The van der Waals surface area contributed by atoms with Gasteiger partial charge in [0, 0.05) is 11.6 Å². The number of fused-ring (bicyclic) bond motifs is 1. The van der Waals surface area contributed by atoms with Gasteiger partial charge in [-0.3, -0.25) is 19.7 Å². The molecular weight excluding hydrogens is 282 g/mol. The highest BCUT2D eigenvalue weighted by Gasteiger charge is 2.15. The number of amides is 1. The van der Waals surface area contributed by atoms with E-state index >= 15 is 0 Å². The van der Waals surface area contributed by atoms with Gasteiger partial charge >= 0.3 is 0 Å². The predicted molar refractivity (Wildman–Crippen MR) is 74.9 cm³/mol. The Balaban J connectivity index is 2.32. The van der Waals surface area contributed by atoms with Gasteiger partial charge in [-0.2, -0.15) is 0 Å². The highest BCUT2D eigenvalue weighted by molar-refractivity contribution is 7.22. The van der Waals surface area contributed by atoms with Crippen molar-refractivity contribution in [3.05, 3.63) is 27.8 Å². The molecule has 0 aliphatic rings. The molecule has 0 aliphatic heterocycles. The zero-order chi connectivity index (χ0) is 14.9. The molecule has 0 saturated carbocycles. The number of ketones is 1. The van der Waals surface area contributed by atoms with E-state index in [-0.39, 0.29) is 17.9 Å². The third-order valence-electron chi connectivity index (χ3n) is 2.56. The number of carbonyl (C=O) groups is 2. The minimum Gasteiger partial charge on any atom is -0.302 e. The zero-order valence-electron chi connectivity index (χ0n) is 10.8. The Labute approximate surface area is 117 Å². The Hall–Kier alpha value is -2.35. The van der Waals surface area contributed by atoms with Gasteiger partial charge in [-0.25, -0.2) is 4.98 Å². The SMILES string of the molecule is CC(=O)CC(=O)Nc1nc2cc([N+](=O)[O-])c(C)cc2s1. The van der Waals surface area contributed by atoms with Gasteiger partial charge in [0.1, 0.15) is 5.78 Å². The van der Waals surface area contributed by atoms with Gasteiger partial charge in [0.25, 0.3) is 5.69 Å². The minimum atomic E-state index is -0.470. The number of nitro benzene ring substituents is 1. The van der Waals surface area contributed by atoms with E-state index in [0.717, 1.165) is 4.70 Å². The first-order chi connectivity index (χ1) is 9.36. The second-order valence-electron chi connectivity index (χ2n) is 4.31. The molecule has 2 rings (SSSR count). The lowest BCUT2D eigenvalue weighted by Crippen LogP contribution is -2.14. The molecule has 7 nitrogen and oxygen atoms in total. The van der Waals surface area contributed by atoms with Gasteiger partial charge in [-0.1, -0.05) is 11.3 Å². The number of nitrogens with one attached hydrogen (secondary N) is 1. The molecule has 0 fully saturated rings. The smallest absolute Gasteiger partial charge is 0.274 e. The number of anilines is 1. The maximum atomic E-state index is 11.5. The third-order valence-corrected chi connectivity index (χ3v) is 3.49. The molecule has 0 unspecified atom stereocenters. The molecule has 0 aliphatic carbocycles. The maximum absolute atomic E-state index is 11.5. The number of hydrogen-bond acceptors (Lipinski definition) is 6. The van der Waals surface area contributed by atoms with Crippen molar-refractivity contribution < 1.29 is 14.5 Å². The van der Waals surface area contributed by atoms with Crippen LogP contribution in [0.1, 0.15) is 18.9 Å². The number of benzene rings is 1. The summed E-state index contributed by atoms with van der Waals surface area (Å²) in [4.78, 5) is 36.8. The Morgan fingerprint density at radius 3 is 2.75 bits per heavy atom. The Morgan fingerprint density at radius 1 is 1.45 bits per heavy atom. The molecule has 1 heterocycles. The first kappa shape index (κ1) is 14.1. The summed E-state index contributed by atoms with van der Waals surface area (Å²) in [5.74, 6) is -0.683. The lowest BCUT2D eigenvalue weighted by molar-refractivity contribution is -0.385. The number of aromatic nitrogens is 1. The number of rotatable bonds is 4. The fraction of sp³-hybridized carbons (Fsp3) is 0.250. The van der Waals surface area contributed by atoms with Crippen LogP contribution in [0.15, 0.2) is 12.1 Å². The molecule has 1 amide bonds. The van der Waals surface area contributed by atoms with Crippen molar-refractivity contribution in [2.24, 2.45) is 0 Å². The van der Waals surface area contributed by atoms with Crippen LogP contribution in [0.5, 0.6) is 0 Å². The van der Waals surface area contributed by atoms with Crippen molar-refractivity contribution in [1.29, 1.82) is 0 Å². The number of thiazole rings is 1. The Kier molecular flexibility index (Phi) is 3.75. The van der Waals surface area contributed by atoms with Gasteiger partial charge in [-0.15, -0.1) is 0 Å². The van der Waals surface area contributed by atoms with E-state index < -0.39 is 10.8 Å². The van der Waals surface area contributed by atoms with Crippen LogP contribution in [0.25, 0.3) is 10.2 Å². The summed E-state index contributed by atoms with van der Waals surface area (Å²) in [6.07, 6.45) is -0.213. The molecule has 1 aromatic carbocycles. The summed E-state index contributed by atoms with van der Waals surface area (Å²) >= 11 is 1.21. The molecule has 0 radical (unpaired) electrons. The van der Waals surface area contributed by atoms with Crippen LogP contribution in [0.2, 0.25) is 0 Å². The second-order valence-corrected chi connectivity index (χ2v) is 5.34. The lowest BCUT2D eigenvalue weighted by Gasteiger charge is -1.97. The topological polar surface area (TPSA) is 102 Å². The number of carbonyl (C=O) groups excluding carboxylic acids is 2. The first-order valence-electron chi connectivity index (χ1n) is 5.71. The van der Waals surface area contributed by atoms with E-state index in [2.05, 4.69) is 10.3 Å². The van der Waals surface area contributed by atoms with Gasteiger partial charge in [0.15, 0.2) is 5.13 Å². The number of hydrogen-bond donors (Lipinski definition) is 1.